The highest BCUT2D eigenvalue weighted by Gasteiger charge is 2.30. The summed E-state index contributed by atoms with van der Waals surface area (Å²) in [6.45, 7) is 3.99. The molecule has 516 valence electrons. The number of aromatic nitrogens is 2. The van der Waals surface area contributed by atoms with Crippen LogP contribution in [0.25, 0.3) is 122 Å². The lowest BCUT2D eigenvalue weighted by molar-refractivity contribution is 0.316. The monoisotopic (exact) mass is 1430 g/mol. The molecule has 1 unspecified atom stereocenters. The third-order valence-electron chi connectivity index (χ3n) is 20.0. The average Bonchev–Trinajstić information content (AvgIpc) is 1.56. The zero-order valence-corrected chi connectivity index (χ0v) is 59.7. The van der Waals surface area contributed by atoms with Crippen molar-refractivity contribution < 1.29 is 0 Å². The van der Waals surface area contributed by atoms with Crippen LogP contribution in [0.2, 0.25) is 0 Å². The lowest BCUT2D eigenvalue weighted by Crippen LogP contribution is -2.34. The number of aliphatic imine (C=N–C) groups is 1. The first-order valence-corrected chi connectivity index (χ1v) is 34.8. The van der Waals surface area contributed by atoms with Gasteiger partial charge in [0.15, 0.2) is 5.84 Å². The third kappa shape index (κ3) is 12.4. The molecule has 112 heavy (non-hydrogen) atoms. The van der Waals surface area contributed by atoms with Gasteiger partial charge < -0.3 is 14.0 Å². The molecule has 0 saturated heterocycles. The van der Waals surface area contributed by atoms with Crippen LogP contribution < -0.4 is 0 Å². The Kier molecular flexibility index (Phi) is 19.1. The molecular weight excluding hydrogens is 1380 g/mol. The SMILES string of the molecule is CC/C=C/c1cc(-c2cc(-c3cc(-c4c(C#N)cc(C#N)cc4C#N)cc4c5cc(-c6c(C#N)cc(C#N)cc6C#N)ccc5n(C(C)N(C)C(=NC(=N)c5ccccc5)c5ccccc5)c34)ccc2C#N)ccc1-n1c2ccc(-c3c(C#N)cc(C#N)cc3C#N)cc2c2cc(-c3c(C#N)cc(C#N)cc3C#N)ccc21. The summed E-state index contributed by atoms with van der Waals surface area (Å²) in [4.78, 5) is 7.02. The molecule has 14 aromatic rings. The molecule has 0 radical (unpaired) electrons. The summed E-state index contributed by atoms with van der Waals surface area (Å²) in [5.41, 5.74) is 11.8. The topological polar surface area (TPSA) is 359 Å². The summed E-state index contributed by atoms with van der Waals surface area (Å²) in [5, 5.41) is 149. The van der Waals surface area contributed by atoms with Crippen LogP contribution >= 0.6 is 0 Å². The molecule has 0 aliphatic rings. The Morgan fingerprint density at radius 3 is 1.17 bits per heavy atom. The van der Waals surface area contributed by atoms with Gasteiger partial charge in [-0.1, -0.05) is 110 Å². The van der Waals surface area contributed by atoms with Crippen molar-refractivity contribution in [3.05, 3.63) is 307 Å². The number of hydrogen-bond donors (Lipinski definition) is 1. The molecule has 18 heteroatoms. The average molecular weight is 1430 g/mol. The molecule has 2 aromatic heterocycles. The molecule has 2 heterocycles. The predicted molar refractivity (Wildman–Crippen MR) is 426 cm³/mol. The van der Waals surface area contributed by atoms with Gasteiger partial charge in [0.05, 0.1) is 179 Å². The highest BCUT2D eigenvalue weighted by Crippen LogP contribution is 2.48. The Hall–Kier alpha value is -17.5. The van der Waals surface area contributed by atoms with Crippen LogP contribution in [-0.2, 0) is 0 Å². The van der Waals surface area contributed by atoms with E-state index in [1.807, 2.05) is 190 Å². The maximum absolute atomic E-state index is 11.3. The van der Waals surface area contributed by atoms with E-state index in [9.17, 15) is 73.8 Å². The summed E-state index contributed by atoms with van der Waals surface area (Å²) in [6, 6.07) is 90.1. The smallest absolute Gasteiger partial charge is 0.154 e. The summed E-state index contributed by atoms with van der Waals surface area (Å²) in [6.07, 6.45) is 3.89. The minimum Gasteiger partial charge on any atom is -0.339 e. The quantitative estimate of drug-likeness (QED) is 0.0828. The van der Waals surface area contributed by atoms with Gasteiger partial charge in [-0.15, -0.1) is 0 Å². The standard InChI is InChI=1S/C94H50N18/c1-4-5-12-64-35-62(19-23-84(64)112-86-25-21-65(88-70(47-100)27-56(42-95)28-71(88)48-101)37-80(86)81-38-66(22-26-87(81)112)89-72(49-102)29-57(43-96)30-73(89)50-103)78-36-63(17-18-68(78)46-99)79-40-69(91-76(53-106)33-59(45-98)34-77(91)54-107)41-83-82-39-67(90-74(51-104)31-58(44-97)32-75(90)52-105)20-24-85(82)111(92(79)83)55(2)110(3)94(61-15-10-7-11-16-61)109-93(108)60-13-8-6-9-14-60/h5-41,55,108H,4H2,1-3H3/b12-5+,108-93?,109-94?. The molecule has 0 aliphatic carbocycles. The van der Waals surface area contributed by atoms with E-state index < -0.39 is 6.17 Å². The molecule has 0 fully saturated rings. The van der Waals surface area contributed by atoms with Gasteiger partial charge in [-0.3, -0.25) is 5.41 Å². The third-order valence-corrected chi connectivity index (χ3v) is 20.0. The molecule has 1 N–H and O–H groups in total. The van der Waals surface area contributed by atoms with Crippen molar-refractivity contribution in [2.45, 2.75) is 26.4 Å². The van der Waals surface area contributed by atoms with Gasteiger partial charge in [-0.05, 0) is 174 Å². The molecule has 0 spiro atoms. The van der Waals surface area contributed by atoms with Crippen LogP contribution in [-0.4, -0.2) is 32.8 Å². The molecule has 0 amide bonds. The molecule has 12 aromatic carbocycles. The molecule has 0 saturated carbocycles. The molecular formula is C94H50N18. The van der Waals surface area contributed by atoms with Gasteiger partial charge in [-0.25, -0.2) is 4.99 Å². The number of nitrogens with zero attached hydrogens (tertiary/aromatic N) is 17. The number of benzene rings is 12. The fourth-order valence-electron chi connectivity index (χ4n) is 14.9. The van der Waals surface area contributed by atoms with Gasteiger partial charge in [0, 0.05) is 73.1 Å². The van der Waals surface area contributed by atoms with Crippen molar-refractivity contribution in [2.24, 2.45) is 4.99 Å². The number of nitriles is 13. The van der Waals surface area contributed by atoms with Gasteiger partial charge in [-0.2, -0.15) is 68.4 Å². The second-order valence-electron chi connectivity index (χ2n) is 26.2. The van der Waals surface area contributed by atoms with Crippen molar-refractivity contribution in [1.29, 1.82) is 73.8 Å². The number of nitrogens with one attached hydrogen (secondary N) is 1. The maximum atomic E-state index is 11.3. The molecule has 14 rings (SSSR count). The van der Waals surface area contributed by atoms with Gasteiger partial charge in [0.25, 0.3) is 0 Å². The lowest BCUT2D eigenvalue weighted by Gasteiger charge is -2.31. The molecule has 0 bridgehead atoms. The van der Waals surface area contributed by atoms with Crippen molar-refractivity contribution >= 4 is 61.4 Å². The van der Waals surface area contributed by atoms with E-state index >= 15 is 0 Å². The number of amidine groups is 2. The van der Waals surface area contributed by atoms with E-state index in [1.165, 1.54) is 48.5 Å². The summed E-state index contributed by atoms with van der Waals surface area (Å²) >= 11 is 0. The zero-order valence-electron chi connectivity index (χ0n) is 59.7. The van der Waals surface area contributed by atoms with Crippen molar-refractivity contribution in [3.63, 3.8) is 0 Å². The summed E-state index contributed by atoms with van der Waals surface area (Å²) < 4.78 is 4.18. The molecule has 1 atom stereocenters. The zero-order chi connectivity index (χ0) is 78.6. The van der Waals surface area contributed by atoms with Gasteiger partial charge in [0.1, 0.15) is 12.0 Å². The van der Waals surface area contributed by atoms with E-state index in [1.54, 1.807) is 24.3 Å². The van der Waals surface area contributed by atoms with Crippen molar-refractivity contribution in [1.82, 2.24) is 14.0 Å². The lowest BCUT2D eigenvalue weighted by atomic mass is 9.88. The first-order chi connectivity index (χ1) is 54.6. The summed E-state index contributed by atoms with van der Waals surface area (Å²) in [5.74, 6) is 0.426. The van der Waals surface area contributed by atoms with Gasteiger partial charge >= 0.3 is 0 Å². The molecule has 0 aliphatic heterocycles. The second kappa shape index (κ2) is 29.9. The Morgan fingerprint density at radius 2 is 0.750 bits per heavy atom. The first-order valence-electron chi connectivity index (χ1n) is 34.8. The van der Waals surface area contributed by atoms with Crippen LogP contribution in [0.3, 0.4) is 0 Å². The van der Waals surface area contributed by atoms with E-state index in [-0.39, 0.29) is 89.3 Å². The largest absolute Gasteiger partial charge is 0.339 e. The number of allylic oxidation sites excluding steroid dienone is 1. The van der Waals surface area contributed by atoms with Crippen LogP contribution in [0.4, 0.5) is 0 Å². The maximum Gasteiger partial charge on any atom is 0.154 e. The number of fused-ring (bicyclic) bond motifs is 6. The summed E-state index contributed by atoms with van der Waals surface area (Å²) in [7, 11) is 1.88. The Balaban J connectivity index is 1.05. The fraction of sp³-hybridized carbons (Fsp3) is 0.0532. The van der Waals surface area contributed by atoms with Crippen molar-refractivity contribution in [3.8, 4) is 151 Å². The molecule has 18 nitrogen and oxygen atoms in total. The minimum atomic E-state index is -0.712. The second-order valence-corrected chi connectivity index (χ2v) is 26.2. The van der Waals surface area contributed by atoms with Crippen LogP contribution in [0.1, 0.15) is 115 Å². The van der Waals surface area contributed by atoms with Crippen LogP contribution in [0.15, 0.2) is 223 Å². The number of hydrogen-bond acceptors (Lipinski definition) is 14. The Morgan fingerprint density at radius 1 is 0.384 bits per heavy atom. The predicted octanol–water partition coefficient (Wildman–Crippen LogP) is 19.6. The van der Waals surface area contributed by atoms with Crippen LogP contribution in [0, 0.1) is 153 Å². The Bertz CT molecular complexity index is 6860. The van der Waals surface area contributed by atoms with E-state index in [4.69, 9.17) is 4.99 Å². The number of rotatable bonds is 13. The minimum absolute atomic E-state index is 0.00619. The highest BCUT2D eigenvalue weighted by atomic mass is 15.3. The van der Waals surface area contributed by atoms with Gasteiger partial charge in [0.2, 0.25) is 0 Å². The Labute approximate surface area is 642 Å². The van der Waals surface area contributed by atoms with Crippen LogP contribution in [0.5, 0.6) is 0 Å². The fourth-order valence-corrected chi connectivity index (χ4v) is 14.9. The van der Waals surface area contributed by atoms with Crippen molar-refractivity contribution in [2.75, 3.05) is 7.05 Å². The first kappa shape index (κ1) is 71.5. The highest BCUT2D eigenvalue weighted by molar-refractivity contribution is 6.17. The van der Waals surface area contributed by atoms with E-state index in [0.29, 0.717) is 134 Å². The normalized spacial score (nSPS) is 11.1. The van der Waals surface area contributed by atoms with E-state index in [0.717, 1.165) is 0 Å². The van der Waals surface area contributed by atoms with E-state index in [2.05, 4.69) is 75.9 Å².